The number of carboxylic acids is 3. The molecule has 0 aliphatic rings. The van der Waals surface area contributed by atoms with Crippen LogP contribution in [-0.4, -0.2) is 17.9 Å². The molecule has 0 spiro atoms. The molecule has 6 nitrogen and oxygen atoms in total. The maximum Gasteiger partial charge on any atom is 3.00 e. The monoisotopic (exact) mass is 458 g/mol. The van der Waals surface area contributed by atoms with Crippen molar-refractivity contribution < 1.29 is 52.1 Å². The van der Waals surface area contributed by atoms with Crippen molar-refractivity contribution in [2.24, 2.45) is 0 Å². The average Bonchev–Trinajstić information content (AvgIpc) is 2.18. The number of hydrogen-bond acceptors (Lipinski definition) is 6. The van der Waals surface area contributed by atoms with Crippen molar-refractivity contribution in [3.05, 3.63) is 0 Å². The molecule has 0 N–H and O–H groups in total. The first kappa shape index (κ1) is 26.7. The molecule has 0 saturated carbocycles. The molecule has 0 aliphatic carbocycles. The van der Waals surface area contributed by atoms with E-state index in [9.17, 15) is 29.7 Å². The fraction of sp³-hybridized carbons (Fsp3) is 0.750. The topological polar surface area (TPSA) is 120 Å². The van der Waals surface area contributed by atoms with Crippen LogP contribution in [0.4, 0.5) is 0 Å². The Morgan fingerprint density at radius 1 is 0.632 bits per heavy atom. The van der Waals surface area contributed by atoms with Gasteiger partial charge in [-0.25, -0.2) is 0 Å². The molecule has 116 valence electrons. The third-order valence-electron chi connectivity index (χ3n) is 1.36. The van der Waals surface area contributed by atoms with Crippen molar-refractivity contribution in [1.82, 2.24) is 0 Å². The Bertz CT molecular complexity index is 192. The number of carboxylic acid groups (broad SMARTS) is 3. The van der Waals surface area contributed by atoms with E-state index in [1.807, 2.05) is 0 Å². The molecule has 0 aromatic carbocycles. The van der Waals surface area contributed by atoms with Crippen LogP contribution < -0.4 is 15.3 Å². The molecule has 7 heteroatoms. The molecule has 19 heavy (non-hydrogen) atoms. The quantitative estimate of drug-likeness (QED) is 0.452. The zero-order valence-corrected chi connectivity index (χ0v) is 13.7. The zero-order valence-electron chi connectivity index (χ0n) is 11.5. The number of carbonyl (C=O) groups excluding carboxylic acids is 3. The molecule has 0 heterocycles. The maximum atomic E-state index is 9.49. The first-order chi connectivity index (χ1) is 8.31. The van der Waals surface area contributed by atoms with Gasteiger partial charge in [-0.1, -0.05) is 40.0 Å². The molecule has 0 fully saturated rings. The van der Waals surface area contributed by atoms with Gasteiger partial charge in [0.1, 0.15) is 0 Å². The molecule has 0 aliphatic heterocycles. The van der Waals surface area contributed by atoms with Gasteiger partial charge >= 0.3 is 22.4 Å². The maximum absolute atomic E-state index is 9.49. The van der Waals surface area contributed by atoms with E-state index >= 15 is 0 Å². The summed E-state index contributed by atoms with van der Waals surface area (Å²) < 4.78 is 0. The predicted octanol–water partition coefficient (Wildman–Crippen LogP) is -1.39. The summed E-state index contributed by atoms with van der Waals surface area (Å²) in [6, 6.07) is 0. The van der Waals surface area contributed by atoms with Crippen LogP contribution in [0.2, 0.25) is 0 Å². The smallest absolute Gasteiger partial charge is 0.550 e. The van der Waals surface area contributed by atoms with Crippen molar-refractivity contribution in [3.63, 3.8) is 0 Å². The van der Waals surface area contributed by atoms with Crippen LogP contribution in [0.5, 0.6) is 0 Å². The van der Waals surface area contributed by atoms with Crippen molar-refractivity contribution >= 4 is 17.9 Å². The third kappa shape index (κ3) is 59.3. The minimum absolute atomic E-state index is 0. The Morgan fingerprint density at radius 2 is 0.789 bits per heavy atom. The van der Waals surface area contributed by atoms with E-state index in [0.717, 1.165) is 0 Å². The minimum atomic E-state index is -0.961. The van der Waals surface area contributed by atoms with Crippen LogP contribution in [-0.2, 0) is 36.8 Å². The van der Waals surface area contributed by atoms with Gasteiger partial charge in [0.25, 0.3) is 0 Å². The second-order valence-corrected chi connectivity index (χ2v) is 3.37. The number of rotatable bonds is 6. The first-order valence-corrected chi connectivity index (χ1v) is 5.91. The summed E-state index contributed by atoms with van der Waals surface area (Å²) in [5.41, 5.74) is 0. The molecular formula is C12H21AuO6. The van der Waals surface area contributed by atoms with Crippen molar-refractivity contribution in [2.75, 3.05) is 0 Å². The summed E-state index contributed by atoms with van der Waals surface area (Å²) >= 11 is 0. The zero-order chi connectivity index (χ0) is 15.0. The molecule has 0 rings (SSSR count). The minimum Gasteiger partial charge on any atom is -0.550 e. The summed E-state index contributed by atoms with van der Waals surface area (Å²) in [5, 5.41) is 28.5. The second kappa shape index (κ2) is 22.3. The van der Waals surface area contributed by atoms with Crippen molar-refractivity contribution in [1.29, 1.82) is 0 Å². The van der Waals surface area contributed by atoms with Crippen LogP contribution >= 0.6 is 0 Å². The number of carbonyl (C=O) groups is 3. The summed E-state index contributed by atoms with van der Waals surface area (Å²) in [7, 11) is 0. The molecular weight excluding hydrogens is 437 g/mol. The summed E-state index contributed by atoms with van der Waals surface area (Å²) in [5.74, 6) is -2.88. The van der Waals surface area contributed by atoms with Gasteiger partial charge < -0.3 is 29.7 Å². The Kier molecular flexibility index (Phi) is 31.4. The summed E-state index contributed by atoms with van der Waals surface area (Å²) in [6.45, 7) is 5.40. The Labute approximate surface area is 129 Å². The molecule has 0 saturated heterocycles. The van der Waals surface area contributed by atoms with Crippen molar-refractivity contribution in [2.45, 2.75) is 59.3 Å². The molecule has 0 atom stereocenters. The average molecular weight is 458 g/mol. The Morgan fingerprint density at radius 3 is 0.789 bits per heavy atom. The fourth-order valence-corrected chi connectivity index (χ4v) is 0.612. The van der Waals surface area contributed by atoms with Gasteiger partial charge in [0.05, 0.1) is 0 Å². The standard InChI is InChI=1S/3C4H8O2.Au/c3*1-2-3-4(5)6;/h3*2-3H2,1H3,(H,5,6);/q;;;+3/p-3. The SMILES string of the molecule is CCCC(=O)[O-].CCCC(=O)[O-].CCCC(=O)[O-].[Au+3]. The molecule has 0 aromatic rings. The van der Waals surface area contributed by atoms with E-state index in [1.165, 1.54) is 0 Å². The molecule has 0 amide bonds. The molecule has 0 unspecified atom stereocenters. The van der Waals surface area contributed by atoms with Crippen LogP contribution in [0.15, 0.2) is 0 Å². The van der Waals surface area contributed by atoms with E-state index in [4.69, 9.17) is 0 Å². The van der Waals surface area contributed by atoms with Crippen molar-refractivity contribution in [3.8, 4) is 0 Å². The first-order valence-electron chi connectivity index (χ1n) is 5.91. The predicted molar refractivity (Wildman–Crippen MR) is 59.7 cm³/mol. The van der Waals surface area contributed by atoms with Crippen LogP contribution in [0, 0.1) is 0 Å². The van der Waals surface area contributed by atoms with Gasteiger partial charge in [-0.15, -0.1) is 0 Å². The molecule has 0 aromatic heterocycles. The number of hydrogen-bond donors (Lipinski definition) is 0. The van der Waals surface area contributed by atoms with E-state index < -0.39 is 17.9 Å². The van der Waals surface area contributed by atoms with Gasteiger partial charge in [-0.05, 0) is 19.3 Å². The second-order valence-electron chi connectivity index (χ2n) is 3.37. The number of aliphatic carboxylic acids is 3. The summed E-state index contributed by atoms with van der Waals surface area (Å²) in [4.78, 5) is 28.5. The van der Waals surface area contributed by atoms with Gasteiger partial charge in [0.2, 0.25) is 0 Å². The van der Waals surface area contributed by atoms with Gasteiger partial charge in [-0.2, -0.15) is 0 Å². The normalized spacial score (nSPS) is 7.74. The molecule has 0 bridgehead atoms. The van der Waals surface area contributed by atoms with Crippen LogP contribution in [0.3, 0.4) is 0 Å². The molecule has 0 radical (unpaired) electrons. The van der Waals surface area contributed by atoms with Gasteiger partial charge in [0, 0.05) is 17.9 Å². The van der Waals surface area contributed by atoms with E-state index in [1.54, 1.807) is 20.8 Å². The Hall–Kier alpha value is -0.850. The summed E-state index contributed by atoms with van der Waals surface area (Å²) in [6.07, 6.45) is 2.55. The van der Waals surface area contributed by atoms with Crippen LogP contribution in [0.1, 0.15) is 59.3 Å². The third-order valence-corrected chi connectivity index (χ3v) is 1.36. The van der Waals surface area contributed by atoms with E-state index in [-0.39, 0.29) is 41.6 Å². The van der Waals surface area contributed by atoms with Crippen LogP contribution in [0.25, 0.3) is 0 Å². The Balaban J connectivity index is -0.0000000865. The van der Waals surface area contributed by atoms with Gasteiger partial charge in [-0.3, -0.25) is 0 Å². The largest absolute Gasteiger partial charge is 3.00 e. The van der Waals surface area contributed by atoms with E-state index in [0.29, 0.717) is 19.3 Å². The fourth-order valence-electron chi connectivity index (χ4n) is 0.612. The van der Waals surface area contributed by atoms with E-state index in [2.05, 4.69) is 0 Å². The van der Waals surface area contributed by atoms with Gasteiger partial charge in [0.15, 0.2) is 0 Å².